The minimum Gasteiger partial charge on any atom is -0.460 e. The van der Waals surface area contributed by atoms with E-state index in [1.807, 2.05) is 20.8 Å². The molecule has 0 radical (unpaired) electrons. The van der Waals surface area contributed by atoms with Crippen LogP contribution in [0.3, 0.4) is 0 Å². The van der Waals surface area contributed by atoms with Gasteiger partial charge in [0, 0.05) is 0 Å². The van der Waals surface area contributed by atoms with Gasteiger partial charge in [-0.3, -0.25) is 4.79 Å². The Hall–Kier alpha value is -0.570. The lowest BCUT2D eigenvalue weighted by Gasteiger charge is -2.21. The van der Waals surface area contributed by atoms with Gasteiger partial charge < -0.3 is 9.84 Å². The standard InChI is InChI=1S/C11H20O3.CH4/c1-11(2,3)14-10(13)7-8-5-4-6-9(8)12;/h8-9,12H,4-7H2,1-3H3;1H4/t8-,9+;/m0./s1. The quantitative estimate of drug-likeness (QED) is 0.721. The molecule has 0 aliphatic heterocycles. The summed E-state index contributed by atoms with van der Waals surface area (Å²) in [5.41, 5.74) is -0.416. The van der Waals surface area contributed by atoms with E-state index < -0.39 is 5.60 Å². The first-order chi connectivity index (χ1) is 6.38. The highest BCUT2D eigenvalue weighted by Gasteiger charge is 2.29. The van der Waals surface area contributed by atoms with Crippen molar-refractivity contribution in [3.05, 3.63) is 0 Å². The zero-order valence-electron chi connectivity index (χ0n) is 9.25. The number of ether oxygens (including phenoxy) is 1. The molecule has 0 saturated heterocycles. The summed E-state index contributed by atoms with van der Waals surface area (Å²) in [5.74, 6) is -0.0756. The number of aliphatic hydroxyl groups excluding tert-OH is 1. The Bertz CT molecular complexity index is 205. The van der Waals surface area contributed by atoms with E-state index in [0.29, 0.717) is 6.42 Å². The second-order valence-corrected chi connectivity index (χ2v) is 5.05. The molecule has 1 aliphatic rings. The average molecular weight is 216 g/mol. The second kappa shape index (κ2) is 5.50. The second-order valence-electron chi connectivity index (χ2n) is 5.05. The number of rotatable bonds is 2. The summed E-state index contributed by atoms with van der Waals surface area (Å²) in [6, 6.07) is 0. The van der Waals surface area contributed by atoms with Crippen LogP contribution < -0.4 is 0 Å². The summed E-state index contributed by atoms with van der Waals surface area (Å²) in [5, 5.41) is 9.53. The van der Waals surface area contributed by atoms with Crippen molar-refractivity contribution in [1.29, 1.82) is 0 Å². The molecule has 1 fully saturated rings. The summed E-state index contributed by atoms with van der Waals surface area (Å²) < 4.78 is 5.20. The van der Waals surface area contributed by atoms with Crippen LogP contribution in [0.25, 0.3) is 0 Å². The van der Waals surface area contributed by atoms with Gasteiger partial charge in [0.05, 0.1) is 12.5 Å². The molecule has 0 bridgehead atoms. The molecule has 3 heteroatoms. The number of aliphatic hydroxyl groups is 1. The number of hydrogen-bond acceptors (Lipinski definition) is 3. The molecular formula is C12H24O3. The van der Waals surface area contributed by atoms with Gasteiger partial charge in [0.15, 0.2) is 0 Å². The van der Waals surface area contributed by atoms with E-state index in [2.05, 4.69) is 0 Å². The molecule has 3 nitrogen and oxygen atoms in total. The molecule has 0 aromatic rings. The van der Waals surface area contributed by atoms with Gasteiger partial charge >= 0.3 is 5.97 Å². The van der Waals surface area contributed by atoms with Gasteiger partial charge in [0.2, 0.25) is 0 Å². The highest BCUT2D eigenvalue weighted by Crippen LogP contribution is 2.28. The van der Waals surface area contributed by atoms with Gasteiger partial charge in [0.1, 0.15) is 5.60 Å². The lowest BCUT2D eigenvalue weighted by molar-refractivity contribution is -0.156. The maximum absolute atomic E-state index is 11.4. The van der Waals surface area contributed by atoms with Crippen molar-refractivity contribution >= 4 is 5.97 Å². The van der Waals surface area contributed by atoms with Crippen LogP contribution in [0, 0.1) is 5.92 Å². The molecule has 15 heavy (non-hydrogen) atoms. The van der Waals surface area contributed by atoms with Crippen LogP contribution in [0.4, 0.5) is 0 Å². The van der Waals surface area contributed by atoms with Crippen LogP contribution >= 0.6 is 0 Å². The Morgan fingerprint density at radius 3 is 2.40 bits per heavy atom. The van der Waals surface area contributed by atoms with Gasteiger partial charge in [-0.15, -0.1) is 0 Å². The number of carbonyl (C=O) groups excluding carboxylic acids is 1. The lowest BCUT2D eigenvalue weighted by atomic mass is 10.0. The zero-order valence-corrected chi connectivity index (χ0v) is 9.25. The van der Waals surface area contributed by atoms with E-state index >= 15 is 0 Å². The fourth-order valence-electron chi connectivity index (χ4n) is 1.85. The lowest BCUT2D eigenvalue weighted by Crippen LogP contribution is -2.26. The van der Waals surface area contributed by atoms with Crippen LogP contribution in [-0.4, -0.2) is 22.8 Å². The van der Waals surface area contributed by atoms with E-state index in [1.165, 1.54) is 0 Å². The van der Waals surface area contributed by atoms with Crippen molar-refractivity contribution in [1.82, 2.24) is 0 Å². The monoisotopic (exact) mass is 216 g/mol. The molecule has 90 valence electrons. The fraction of sp³-hybridized carbons (Fsp3) is 0.917. The van der Waals surface area contributed by atoms with Crippen LogP contribution in [0.5, 0.6) is 0 Å². The topological polar surface area (TPSA) is 46.5 Å². The Balaban J connectivity index is 0.00000196. The molecular weight excluding hydrogens is 192 g/mol. The van der Waals surface area contributed by atoms with Crippen LogP contribution in [-0.2, 0) is 9.53 Å². The van der Waals surface area contributed by atoms with Crippen LogP contribution in [0.1, 0.15) is 53.9 Å². The maximum Gasteiger partial charge on any atom is 0.306 e. The summed E-state index contributed by atoms with van der Waals surface area (Å²) in [4.78, 5) is 11.4. The Labute approximate surface area is 92.8 Å². The third-order valence-corrected chi connectivity index (χ3v) is 2.47. The zero-order chi connectivity index (χ0) is 10.8. The minimum absolute atomic E-state index is 0. The predicted molar refractivity (Wildman–Crippen MR) is 60.5 cm³/mol. The van der Waals surface area contributed by atoms with Gasteiger partial charge in [-0.1, -0.05) is 13.8 Å². The largest absolute Gasteiger partial charge is 0.460 e. The van der Waals surface area contributed by atoms with Gasteiger partial charge in [-0.2, -0.15) is 0 Å². The van der Waals surface area contributed by atoms with E-state index in [4.69, 9.17) is 4.74 Å². The highest BCUT2D eigenvalue weighted by molar-refractivity contribution is 5.70. The van der Waals surface area contributed by atoms with Crippen molar-refractivity contribution in [3.63, 3.8) is 0 Å². The minimum atomic E-state index is -0.416. The molecule has 0 unspecified atom stereocenters. The first kappa shape index (κ1) is 14.4. The highest BCUT2D eigenvalue weighted by atomic mass is 16.6. The summed E-state index contributed by atoms with van der Waals surface area (Å²) >= 11 is 0. The number of esters is 1. The van der Waals surface area contributed by atoms with E-state index in [-0.39, 0.29) is 25.4 Å². The van der Waals surface area contributed by atoms with Gasteiger partial charge in [-0.05, 0) is 39.5 Å². The van der Waals surface area contributed by atoms with Gasteiger partial charge in [-0.25, -0.2) is 0 Å². The molecule has 0 amide bonds. The molecule has 1 rings (SSSR count). The smallest absolute Gasteiger partial charge is 0.306 e. The van der Waals surface area contributed by atoms with Crippen molar-refractivity contribution in [2.45, 2.75) is 65.6 Å². The molecule has 0 aromatic carbocycles. The number of carbonyl (C=O) groups is 1. The van der Waals surface area contributed by atoms with Crippen molar-refractivity contribution in [2.75, 3.05) is 0 Å². The van der Waals surface area contributed by atoms with Gasteiger partial charge in [0.25, 0.3) is 0 Å². The maximum atomic E-state index is 11.4. The number of hydrogen-bond donors (Lipinski definition) is 1. The van der Waals surface area contributed by atoms with E-state index in [9.17, 15) is 9.90 Å². The first-order valence-corrected chi connectivity index (χ1v) is 5.28. The van der Waals surface area contributed by atoms with Crippen LogP contribution in [0.15, 0.2) is 0 Å². The Kier molecular flexibility index (Phi) is 5.29. The summed E-state index contributed by atoms with van der Waals surface area (Å²) in [6.07, 6.45) is 2.85. The average Bonchev–Trinajstić information content (AvgIpc) is 2.32. The normalized spacial score (nSPS) is 25.9. The SMILES string of the molecule is C.CC(C)(C)OC(=O)C[C@@H]1CCC[C@H]1O. The summed E-state index contributed by atoms with van der Waals surface area (Å²) in [6.45, 7) is 5.57. The predicted octanol–water partition coefficient (Wildman–Crippen LogP) is 2.52. The Morgan fingerprint density at radius 1 is 1.40 bits per heavy atom. The molecule has 1 N–H and O–H groups in total. The molecule has 0 spiro atoms. The van der Waals surface area contributed by atoms with Crippen LogP contribution in [0.2, 0.25) is 0 Å². The van der Waals surface area contributed by atoms with Crippen molar-refractivity contribution in [2.24, 2.45) is 5.92 Å². The third-order valence-electron chi connectivity index (χ3n) is 2.47. The fourth-order valence-corrected chi connectivity index (χ4v) is 1.85. The third kappa shape index (κ3) is 5.17. The van der Waals surface area contributed by atoms with E-state index in [0.717, 1.165) is 19.3 Å². The van der Waals surface area contributed by atoms with Crippen molar-refractivity contribution in [3.8, 4) is 0 Å². The molecule has 2 atom stereocenters. The molecule has 1 aliphatic carbocycles. The molecule has 1 saturated carbocycles. The summed E-state index contributed by atoms with van der Waals surface area (Å²) in [7, 11) is 0. The van der Waals surface area contributed by atoms with E-state index in [1.54, 1.807) is 0 Å². The molecule has 0 heterocycles. The van der Waals surface area contributed by atoms with Crippen molar-refractivity contribution < 1.29 is 14.6 Å². The first-order valence-electron chi connectivity index (χ1n) is 5.28. The Morgan fingerprint density at radius 2 is 2.00 bits per heavy atom. The molecule has 0 aromatic heterocycles.